The fraction of sp³-hybridized carbons (Fsp3) is 0.611. The predicted octanol–water partition coefficient (Wildman–Crippen LogP) is 4.03. The summed E-state index contributed by atoms with van der Waals surface area (Å²) in [6, 6.07) is 10.1. The molecule has 2 rings (SSSR count). The normalized spacial score (nSPS) is 23.1. The molecule has 1 N–H and O–H groups in total. The molecule has 0 bridgehead atoms. The first-order valence-electron chi connectivity index (χ1n) is 7.88. The van der Waals surface area contributed by atoms with E-state index < -0.39 is 5.97 Å². The molecule has 0 aromatic heterocycles. The van der Waals surface area contributed by atoms with E-state index in [2.05, 4.69) is 39.8 Å². The molecule has 0 aliphatic carbocycles. The van der Waals surface area contributed by atoms with Gasteiger partial charge in [0.15, 0.2) is 0 Å². The van der Waals surface area contributed by atoms with E-state index in [4.69, 9.17) is 4.84 Å². The van der Waals surface area contributed by atoms with Gasteiger partial charge in [-0.05, 0) is 53.0 Å². The standard InChI is InChI=1S/C18H27NO3/c1-13(14-9-7-6-8-10-14)22-19-17(2,3)11-15(16(20)21)12-18(19,4)5/h6-10,13,15H,11-12H2,1-5H3,(H,20,21). The van der Waals surface area contributed by atoms with Crippen LogP contribution in [0.2, 0.25) is 0 Å². The SMILES string of the molecule is CC(ON1C(C)(C)CC(C(=O)O)CC1(C)C)c1ccccc1. The number of rotatable bonds is 4. The molecule has 122 valence electrons. The Labute approximate surface area is 133 Å². The van der Waals surface area contributed by atoms with Gasteiger partial charge in [0, 0.05) is 11.1 Å². The lowest BCUT2D eigenvalue weighted by molar-refractivity contribution is -0.309. The molecule has 0 saturated carbocycles. The summed E-state index contributed by atoms with van der Waals surface area (Å²) >= 11 is 0. The van der Waals surface area contributed by atoms with Gasteiger partial charge in [0.1, 0.15) is 6.10 Å². The third-order valence-electron chi connectivity index (χ3n) is 4.47. The van der Waals surface area contributed by atoms with Crippen molar-refractivity contribution in [1.82, 2.24) is 5.06 Å². The first-order chi connectivity index (χ1) is 10.1. The molecule has 1 aliphatic rings. The summed E-state index contributed by atoms with van der Waals surface area (Å²) < 4.78 is 0. The van der Waals surface area contributed by atoms with Gasteiger partial charge in [-0.3, -0.25) is 9.63 Å². The van der Waals surface area contributed by atoms with Gasteiger partial charge in [-0.2, -0.15) is 5.06 Å². The number of carbonyl (C=O) groups is 1. The fourth-order valence-electron chi connectivity index (χ4n) is 3.67. The van der Waals surface area contributed by atoms with E-state index in [9.17, 15) is 9.90 Å². The Balaban J connectivity index is 2.20. The second-order valence-corrected chi connectivity index (χ2v) is 7.52. The van der Waals surface area contributed by atoms with E-state index in [0.29, 0.717) is 12.8 Å². The summed E-state index contributed by atoms with van der Waals surface area (Å²) in [7, 11) is 0. The third kappa shape index (κ3) is 3.50. The molecule has 0 amide bonds. The van der Waals surface area contributed by atoms with Crippen molar-refractivity contribution in [3.05, 3.63) is 35.9 Å². The van der Waals surface area contributed by atoms with Gasteiger partial charge in [0.25, 0.3) is 0 Å². The average Bonchev–Trinajstić information content (AvgIpc) is 2.42. The van der Waals surface area contributed by atoms with E-state index in [0.717, 1.165) is 5.56 Å². The lowest BCUT2D eigenvalue weighted by Gasteiger charge is -2.53. The molecule has 4 nitrogen and oxygen atoms in total. The number of hydrogen-bond acceptors (Lipinski definition) is 3. The predicted molar refractivity (Wildman–Crippen MR) is 86.3 cm³/mol. The van der Waals surface area contributed by atoms with Crippen LogP contribution in [0.3, 0.4) is 0 Å². The molecule has 1 aromatic carbocycles. The molecule has 1 aliphatic heterocycles. The summed E-state index contributed by atoms with van der Waals surface area (Å²) in [6.45, 7) is 10.3. The van der Waals surface area contributed by atoms with E-state index >= 15 is 0 Å². The molecule has 0 radical (unpaired) electrons. The summed E-state index contributed by atoms with van der Waals surface area (Å²) in [5.74, 6) is -1.03. The lowest BCUT2D eigenvalue weighted by Crippen LogP contribution is -2.61. The minimum absolute atomic E-state index is 0.0684. The van der Waals surface area contributed by atoms with Crippen LogP contribution in [-0.4, -0.2) is 27.2 Å². The third-order valence-corrected chi connectivity index (χ3v) is 4.47. The van der Waals surface area contributed by atoms with Crippen LogP contribution in [0.5, 0.6) is 0 Å². The minimum atomic E-state index is -0.711. The Morgan fingerprint density at radius 1 is 1.18 bits per heavy atom. The van der Waals surface area contributed by atoms with Gasteiger partial charge < -0.3 is 5.11 Å². The van der Waals surface area contributed by atoms with Crippen LogP contribution in [0.4, 0.5) is 0 Å². The number of benzene rings is 1. The maximum atomic E-state index is 11.4. The summed E-state index contributed by atoms with van der Waals surface area (Å²) in [5, 5.41) is 11.4. The van der Waals surface area contributed by atoms with Crippen LogP contribution in [0, 0.1) is 5.92 Å². The zero-order valence-corrected chi connectivity index (χ0v) is 14.2. The maximum absolute atomic E-state index is 11.4. The number of hydroxylamine groups is 2. The second kappa shape index (κ2) is 6.01. The molecular formula is C18H27NO3. The Hall–Kier alpha value is -1.39. The molecule has 22 heavy (non-hydrogen) atoms. The Morgan fingerprint density at radius 2 is 1.68 bits per heavy atom. The largest absolute Gasteiger partial charge is 0.481 e. The molecule has 1 unspecified atom stereocenters. The zero-order chi connectivity index (χ0) is 16.5. The quantitative estimate of drug-likeness (QED) is 0.912. The van der Waals surface area contributed by atoms with Gasteiger partial charge in [-0.1, -0.05) is 30.3 Å². The average molecular weight is 305 g/mol. The van der Waals surface area contributed by atoms with E-state index in [1.807, 2.05) is 30.2 Å². The lowest BCUT2D eigenvalue weighted by atomic mass is 9.75. The first kappa shape index (κ1) is 17.0. The van der Waals surface area contributed by atoms with Crippen LogP contribution < -0.4 is 0 Å². The number of carboxylic acids is 1. The molecule has 1 heterocycles. The van der Waals surface area contributed by atoms with Crippen molar-refractivity contribution in [3.63, 3.8) is 0 Å². The van der Waals surface area contributed by atoms with Crippen molar-refractivity contribution in [1.29, 1.82) is 0 Å². The molecule has 1 fully saturated rings. The maximum Gasteiger partial charge on any atom is 0.306 e. The smallest absolute Gasteiger partial charge is 0.306 e. The Morgan fingerprint density at radius 3 is 2.14 bits per heavy atom. The van der Waals surface area contributed by atoms with E-state index in [-0.39, 0.29) is 23.1 Å². The van der Waals surface area contributed by atoms with Crippen molar-refractivity contribution in [2.24, 2.45) is 5.92 Å². The van der Waals surface area contributed by atoms with Crippen LogP contribution in [0.15, 0.2) is 30.3 Å². The number of nitrogens with zero attached hydrogens (tertiary/aromatic N) is 1. The van der Waals surface area contributed by atoms with Gasteiger partial charge in [-0.25, -0.2) is 0 Å². The van der Waals surface area contributed by atoms with Crippen LogP contribution in [-0.2, 0) is 9.63 Å². The Kier molecular flexibility index (Phi) is 4.64. The van der Waals surface area contributed by atoms with Gasteiger partial charge in [0.2, 0.25) is 0 Å². The van der Waals surface area contributed by atoms with E-state index in [1.165, 1.54) is 0 Å². The summed E-state index contributed by atoms with van der Waals surface area (Å²) in [4.78, 5) is 17.7. The number of aliphatic carboxylic acids is 1. The van der Waals surface area contributed by atoms with Crippen LogP contribution in [0.25, 0.3) is 0 Å². The van der Waals surface area contributed by atoms with Crippen molar-refractivity contribution < 1.29 is 14.7 Å². The van der Waals surface area contributed by atoms with Crippen molar-refractivity contribution >= 4 is 5.97 Å². The number of piperidine rings is 1. The monoisotopic (exact) mass is 305 g/mol. The van der Waals surface area contributed by atoms with Crippen molar-refractivity contribution in [3.8, 4) is 0 Å². The second-order valence-electron chi connectivity index (χ2n) is 7.52. The van der Waals surface area contributed by atoms with Gasteiger partial charge in [0.05, 0.1) is 5.92 Å². The molecule has 4 heteroatoms. The highest BCUT2D eigenvalue weighted by Crippen LogP contribution is 2.43. The highest BCUT2D eigenvalue weighted by molar-refractivity contribution is 5.70. The molecule has 1 atom stereocenters. The highest BCUT2D eigenvalue weighted by Gasteiger charge is 2.49. The topological polar surface area (TPSA) is 49.8 Å². The summed E-state index contributed by atoms with van der Waals surface area (Å²) in [6.07, 6.45) is 1.11. The van der Waals surface area contributed by atoms with Gasteiger partial charge in [-0.15, -0.1) is 0 Å². The van der Waals surface area contributed by atoms with Crippen molar-refractivity contribution in [2.45, 2.75) is 64.6 Å². The summed E-state index contributed by atoms with van der Waals surface area (Å²) in [5.41, 5.74) is 0.469. The zero-order valence-electron chi connectivity index (χ0n) is 14.2. The highest BCUT2D eigenvalue weighted by atomic mass is 16.7. The van der Waals surface area contributed by atoms with Gasteiger partial charge >= 0.3 is 5.97 Å². The number of hydrogen-bond donors (Lipinski definition) is 1. The van der Waals surface area contributed by atoms with Crippen molar-refractivity contribution in [2.75, 3.05) is 0 Å². The fourth-order valence-corrected chi connectivity index (χ4v) is 3.67. The first-order valence-corrected chi connectivity index (χ1v) is 7.88. The molecule has 1 saturated heterocycles. The minimum Gasteiger partial charge on any atom is -0.481 e. The van der Waals surface area contributed by atoms with Crippen LogP contribution in [0.1, 0.15) is 59.1 Å². The number of carboxylic acid groups (broad SMARTS) is 1. The van der Waals surface area contributed by atoms with Crippen LogP contribution >= 0.6 is 0 Å². The Bertz CT molecular complexity index is 506. The molecule has 1 aromatic rings. The van der Waals surface area contributed by atoms with E-state index in [1.54, 1.807) is 0 Å². The molecule has 0 spiro atoms. The molecular weight excluding hydrogens is 278 g/mol.